The van der Waals surface area contributed by atoms with Crippen LogP contribution in [0.4, 0.5) is 4.39 Å². The molecule has 0 aliphatic rings. The van der Waals surface area contributed by atoms with Crippen molar-refractivity contribution in [2.45, 2.75) is 12.8 Å². The highest BCUT2D eigenvalue weighted by Crippen LogP contribution is 2.24. The first-order valence-electron chi connectivity index (χ1n) is 8.02. The van der Waals surface area contributed by atoms with E-state index in [1.54, 1.807) is 37.0 Å². The third kappa shape index (κ3) is 4.64. The number of thiazole rings is 1. The molecule has 0 N–H and O–H groups in total. The van der Waals surface area contributed by atoms with E-state index in [1.807, 2.05) is 6.07 Å². The highest BCUT2D eigenvalue weighted by molar-refractivity contribution is 7.13. The van der Waals surface area contributed by atoms with E-state index < -0.39 is 5.97 Å². The fourth-order valence-corrected chi connectivity index (χ4v) is 3.12. The minimum atomic E-state index is -0.460. The Hall–Kier alpha value is -2.80. The number of halogens is 1. The Bertz CT molecular complexity index is 881. The summed E-state index contributed by atoms with van der Waals surface area (Å²) in [6.45, 7) is 0.291. The molecule has 5 nitrogen and oxygen atoms in total. The van der Waals surface area contributed by atoms with Crippen LogP contribution in [0, 0.1) is 5.82 Å². The molecule has 0 fully saturated rings. The number of esters is 1. The van der Waals surface area contributed by atoms with Gasteiger partial charge < -0.3 is 9.47 Å². The van der Waals surface area contributed by atoms with Crippen molar-refractivity contribution in [3.8, 4) is 16.3 Å². The van der Waals surface area contributed by atoms with Crippen molar-refractivity contribution in [1.82, 2.24) is 9.97 Å². The molecule has 3 aromatic rings. The number of carbonyl (C=O) groups is 1. The fourth-order valence-electron chi connectivity index (χ4n) is 2.32. The molecule has 3 rings (SSSR count). The van der Waals surface area contributed by atoms with E-state index >= 15 is 0 Å². The molecular formula is C19H17FN2O3S. The van der Waals surface area contributed by atoms with Crippen LogP contribution in [0.15, 0.2) is 48.1 Å². The maximum Gasteiger partial charge on any atom is 0.357 e. The summed E-state index contributed by atoms with van der Waals surface area (Å²) in [5.41, 5.74) is 2.05. The third-order valence-electron chi connectivity index (χ3n) is 3.65. The smallest absolute Gasteiger partial charge is 0.357 e. The number of methoxy groups -OCH3 is 1. The number of rotatable bonds is 7. The van der Waals surface area contributed by atoms with E-state index in [2.05, 4.69) is 9.97 Å². The largest absolute Gasteiger partial charge is 0.495 e. The Morgan fingerprint density at radius 2 is 2.04 bits per heavy atom. The average Bonchev–Trinajstić information content (AvgIpc) is 3.16. The van der Waals surface area contributed by atoms with Crippen molar-refractivity contribution in [2.75, 3.05) is 13.7 Å². The minimum absolute atomic E-state index is 0.261. The van der Waals surface area contributed by atoms with Gasteiger partial charge in [0.05, 0.1) is 19.9 Å². The predicted octanol–water partition coefficient (Wildman–Crippen LogP) is 4.14. The number of aryl methyl sites for hydroxylation is 1. The number of hydrogen-bond acceptors (Lipinski definition) is 6. The maximum atomic E-state index is 13.0. The first-order valence-corrected chi connectivity index (χ1v) is 8.90. The molecule has 134 valence electrons. The number of carbonyl (C=O) groups excluding carboxylic acids is 1. The molecule has 1 aromatic carbocycles. The molecule has 26 heavy (non-hydrogen) atoms. The van der Waals surface area contributed by atoms with Crippen LogP contribution in [0.1, 0.15) is 22.5 Å². The number of ether oxygens (including phenoxy) is 2. The molecule has 0 amide bonds. The Labute approximate surface area is 154 Å². The lowest BCUT2D eigenvalue weighted by atomic mass is 10.1. The molecule has 0 atom stereocenters. The van der Waals surface area contributed by atoms with Crippen LogP contribution < -0.4 is 4.74 Å². The summed E-state index contributed by atoms with van der Waals surface area (Å²) in [5, 5.41) is 2.30. The number of benzene rings is 1. The first kappa shape index (κ1) is 18.0. The van der Waals surface area contributed by atoms with Gasteiger partial charge in [0.25, 0.3) is 0 Å². The zero-order chi connectivity index (χ0) is 18.4. The molecule has 0 radical (unpaired) electrons. The summed E-state index contributed by atoms with van der Waals surface area (Å²) in [7, 11) is 1.59. The highest BCUT2D eigenvalue weighted by Gasteiger charge is 2.13. The van der Waals surface area contributed by atoms with Crippen molar-refractivity contribution < 1.29 is 18.7 Å². The van der Waals surface area contributed by atoms with E-state index in [0.717, 1.165) is 17.5 Å². The van der Waals surface area contributed by atoms with E-state index in [9.17, 15) is 9.18 Å². The van der Waals surface area contributed by atoms with Gasteiger partial charge in [0, 0.05) is 17.1 Å². The Kier molecular flexibility index (Phi) is 5.91. The van der Waals surface area contributed by atoms with Crippen LogP contribution in [0.2, 0.25) is 0 Å². The minimum Gasteiger partial charge on any atom is -0.495 e. The van der Waals surface area contributed by atoms with Crippen molar-refractivity contribution in [2.24, 2.45) is 0 Å². The highest BCUT2D eigenvalue weighted by atomic mass is 32.1. The van der Waals surface area contributed by atoms with Gasteiger partial charge >= 0.3 is 5.97 Å². The van der Waals surface area contributed by atoms with Gasteiger partial charge in [-0.15, -0.1) is 11.3 Å². The van der Waals surface area contributed by atoms with Gasteiger partial charge in [-0.1, -0.05) is 0 Å². The zero-order valence-electron chi connectivity index (χ0n) is 14.1. The van der Waals surface area contributed by atoms with Crippen LogP contribution in [-0.2, 0) is 11.2 Å². The topological polar surface area (TPSA) is 61.3 Å². The Morgan fingerprint density at radius 3 is 2.81 bits per heavy atom. The molecule has 0 aliphatic carbocycles. The Morgan fingerprint density at radius 1 is 1.23 bits per heavy atom. The predicted molar refractivity (Wildman–Crippen MR) is 96.9 cm³/mol. The Balaban J connectivity index is 1.50. The summed E-state index contributed by atoms with van der Waals surface area (Å²) in [5.74, 6) is -0.0650. The molecule has 0 saturated carbocycles. The number of aromatic nitrogens is 2. The summed E-state index contributed by atoms with van der Waals surface area (Å²) < 4.78 is 23.4. The lowest BCUT2D eigenvalue weighted by Crippen LogP contribution is -2.07. The van der Waals surface area contributed by atoms with Gasteiger partial charge in [-0.3, -0.25) is 4.98 Å². The normalized spacial score (nSPS) is 10.5. The molecule has 2 aromatic heterocycles. The summed E-state index contributed by atoms with van der Waals surface area (Å²) >= 11 is 1.32. The average molecular weight is 372 g/mol. The van der Waals surface area contributed by atoms with Crippen molar-refractivity contribution >= 4 is 17.3 Å². The molecular weight excluding hydrogens is 355 g/mol. The zero-order valence-corrected chi connectivity index (χ0v) is 15.0. The summed E-state index contributed by atoms with van der Waals surface area (Å²) in [6, 6.07) is 7.89. The molecule has 0 saturated heterocycles. The van der Waals surface area contributed by atoms with Crippen LogP contribution in [-0.4, -0.2) is 29.7 Å². The molecule has 0 unspecified atom stereocenters. The van der Waals surface area contributed by atoms with Gasteiger partial charge in [0.1, 0.15) is 16.6 Å². The number of pyridine rings is 1. The van der Waals surface area contributed by atoms with Crippen LogP contribution >= 0.6 is 11.3 Å². The second-order valence-corrected chi connectivity index (χ2v) is 6.38. The van der Waals surface area contributed by atoms with Gasteiger partial charge in [0.2, 0.25) is 0 Å². The van der Waals surface area contributed by atoms with E-state index in [0.29, 0.717) is 23.8 Å². The quantitative estimate of drug-likeness (QED) is 0.461. The molecule has 0 aliphatic heterocycles. The summed E-state index contributed by atoms with van der Waals surface area (Å²) in [4.78, 5) is 20.4. The fraction of sp³-hybridized carbons (Fsp3) is 0.211. The van der Waals surface area contributed by atoms with Crippen molar-refractivity contribution in [3.63, 3.8) is 0 Å². The monoisotopic (exact) mass is 372 g/mol. The maximum absolute atomic E-state index is 13.0. The van der Waals surface area contributed by atoms with Crippen LogP contribution in [0.3, 0.4) is 0 Å². The number of nitrogens with zero attached hydrogens (tertiary/aromatic N) is 2. The van der Waals surface area contributed by atoms with E-state index in [4.69, 9.17) is 9.47 Å². The van der Waals surface area contributed by atoms with E-state index in [-0.39, 0.29) is 11.5 Å². The standard InChI is InChI=1S/C19H17FN2O3S/c1-24-16-9-13(10-21-11-16)3-2-8-25-19(23)17-12-26-18(22-17)14-4-6-15(20)7-5-14/h4-7,9-12H,2-3,8H2,1H3. The molecule has 0 spiro atoms. The van der Waals surface area contributed by atoms with Crippen molar-refractivity contribution in [3.05, 3.63) is 65.2 Å². The number of hydrogen-bond donors (Lipinski definition) is 0. The third-order valence-corrected chi connectivity index (χ3v) is 4.54. The van der Waals surface area contributed by atoms with Gasteiger partial charge in [-0.25, -0.2) is 14.2 Å². The van der Waals surface area contributed by atoms with Crippen molar-refractivity contribution in [1.29, 1.82) is 0 Å². The second kappa shape index (κ2) is 8.53. The van der Waals surface area contributed by atoms with Gasteiger partial charge in [-0.05, 0) is 48.7 Å². The van der Waals surface area contributed by atoms with Gasteiger partial charge in [0.15, 0.2) is 5.69 Å². The molecule has 2 heterocycles. The second-order valence-electron chi connectivity index (χ2n) is 5.52. The molecule has 0 bridgehead atoms. The first-order chi connectivity index (χ1) is 12.7. The van der Waals surface area contributed by atoms with E-state index in [1.165, 1.54) is 23.5 Å². The lowest BCUT2D eigenvalue weighted by molar-refractivity contribution is 0.0494. The summed E-state index contributed by atoms with van der Waals surface area (Å²) in [6.07, 6.45) is 4.81. The molecule has 7 heteroatoms. The van der Waals surface area contributed by atoms with Crippen LogP contribution in [0.5, 0.6) is 5.75 Å². The van der Waals surface area contributed by atoms with Gasteiger partial charge in [-0.2, -0.15) is 0 Å². The van der Waals surface area contributed by atoms with Crippen LogP contribution in [0.25, 0.3) is 10.6 Å². The lowest BCUT2D eigenvalue weighted by Gasteiger charge is -2.05. The SMILES string of the molecule is COc1cncc(CCCOC(=O)c2csc(-c3ccc(F)cc3)n2)c1.